The van der Waals surface area contributed by atoms with Gasteiger partial charge in [-0.2, -0.15) is 0 Å². The Morgan fingerprint density at radius 2 is 2.00 bits per heavy atom. The Kier molecular flexibility index (Phi) is 3.75. The van der Waals surface area contributed by atoms with Gasteiger partial charge in [0.15, 0.2) is 0 Å². The molecule has 4 N–H and O–H groups in total. The van der Waals surface area contributed by atoms with Gasteiger partial charge in [0.2, 0.25) is 0 Å². The van der Waals surface area contributed by atoms with Gasteiger partial charge < -0.3 is 0 Å². The lowest BCUT2D eigenvalue weighted by Crippen LogP contribution is -2.48. The van der Waals surface area contributed by atoms with Crippen LogP contribution in [-0.4, -0.2) is 29.6 Å². The summed E-state index contributed by atoms with van der Waals surface area (Å²) in [4.78, 5) is 10.8. The van der Waals surface area contributed by atoms with Crippen molar-refractivity contribution in [3.05, 3.63) is 0 Å². The third-order valence-corrected chi connectivity index (χ3v) is 1.01. The van der Waals surface area contributed by atoms with Crippen molar-refractivity contribution in [2.45, 2.75) is 13.3 Å². The molecule has 0 heterocycles. The van der Waals surface area contributed by atoms with Crippen molar-refractivity contribution in [3.8, 4) is 0 Å². The lowest BCUT2D eigenvalue weighted by Gasteiger charge is -2.19. The summed E-state index contributed by atoms with van der Waals surface area (Å²) < 4.78 is 0. The number of rotatable bonds is 2. The van der Waals surface area contributed by atoms with Gasteiger partial charge in [0.05, 0.1) is 0 Å². The SMILES string of the molecule is CCCN(N)C(=O)N(C)N. The van der Waals surface area contributed by atoms with Crippen molar-refractivity contribution in [2.75, 3.05) is 13.6 Å². The van der Waals surface area contributed by atoms with E-state index in [1.807, 2.05) is 6.92 Å². The van der Waals surface area contributed by atoms with Gasteiger partial charge in [-0.15, -0.1) is 0 Å². The quantitative estimate of drug-likeness (QED) is 0.313. The molecule has 0 unspecified atom stereocenters. The smallest absolute Gasteiger partial charge is 0.264 e. The lowest BCUT2D eigenvalue weighted by molar-refractivity contribution is 0.164. The highest BCUT2D eigenvalue weighted by atomic mass is 16.2. The molecule has 0 fully saturated rings. The molecule has 0 aromatic carbocycles. The zero-order valence-corrected chi connectivity index (χ0v) is 6.37. The second-order valence-corrected chi connectivity index (χ2v) is 2.09. The van der Waals surface area contributed by atoms with E-state index in [4.69, 9.17) is 11.7 Å². The van der Waals surface area contributed by atoms with E-state index in [2.05, 4.69) is 0 Å². The Labute approximate surface area is 60.5 Å². The average Bonchev–Trinajstić information content (AvgIpc) is 1.87. The van der Waals surface area contributed by atoms with Crippen LogP contribution in [0.3, 0.4) is 0 Å². The Morgan fingerprint density at radius 3 is 2.30 bits per heavy atom. The molecule has 0 atom stereocenters. The van der Waals surface area contributed by atoms with E-state index in [1.165, 1.54) is 7.05 Å². The molecule has 0 aliphatic rings. The highest BCUT2D eigenvalue weighted by molar-refractivity contribution is 5.72. The summed E-state index contributed by atoms with van der Waals surface area (Å²) in [6, 6.07) is -0.373. The lowest BCUT2D eigenvalue weighted by atomic mass is 10.5. The number of hydrogen-bond acceptors (Lipinski definition) is 3. The molecular formula is C5H14N4O. The summed E-state index contributed by atoms with van der Waals surface area (Å²) in [6.45, 7) is 2.46. The number of amides is 2. The summed E-state index contributed by atoms with van der Waals surface area (Å²) in [7, 11) is 1.46. The maximum Gasteiger partial charge on any atom is 0.347 e. The molecule has 5 nitrogen and oxygen atoms in total. The normalized spacial score (nSPS) is 9.20. The molecule has 0 bridgehead atoms. The number of carbonyl (C=O) groups excluding carboxylic acids is 1. The van der Waals surface area contributed by atoms with Gasteiger partial charge in [-0.25, -0.2) is 16.5 Å². The number of hydrazine groups is 2. The van der Waals surface area contributed by atoms with Gasteiger partial charge in [-0.05, 0) is 6.42 Å². The molecule has 0 aliphatic carbocycles. The topological polar surface area (TPSA) is 75.6 Å². The van der Waals surface area contributed by atoms with Crippen molar-refractivity contribution in [2.24, 2.45) is 11.7 Å². The number of nitrogens with zero attached hydrogens (tertiary/aromatic N) is 2. The van der Waals surface area contributed by atoms with Crippen LogP contribution in [0, 0.1) is 0 Å². The molecule has 0 saturated heterocycles. The molecule has 60 valence electrons. The standard InChI is InChI=1S/C5H14N4O/c1-3-4-9(7)5(10)8(2)6/h3-4,6-7H2,1-2H3. The minimum atomic E-state index is -0.373. The van der Waals surface area contributed by atoms with E-state index in [-0.39, 0.29) is 6.03 Å². The molecular weight excluding hydrogens is 132 g/mol. The maximum atomic E-state index is 10.8. The first-order valence-corrected chi connectivity index (χ1v) is 3.14. The third kappa shape index (κ3) is 2.65. The second kappa shape index (κ2) is 4.08. The summed E-state index contributed by atoms with van der Waals surface area (Å²) in [5, 5.41) is 2.04. The molecule has 10 heavy (non-hydrogen) atoms. The maximum absolute atomic E-state index is 10.8. The Balaban J connectivity index is 3.71. The fraction of sp³-hybridized carbons (Fsp3) is 0.800. The van der Waals surface area contributed by atoms with Crippen LogP contribution >= 0.6 is 0 Å². The van der Waals surface area contributed by atoms with Gasteiger partial charge in [-0.3, -0.25) is 10.0 Å². The van der Waals surface area contributed by atoms with Crippen LogP contribution in [0.15, 0.2) is 0 Å². The predicted octanol–water partition coefficient (Wildman–Crippen LogP) is -0.502. The second-order valence-electron chi connectivity index (χ2n) is 2.09. The summed E-state index contributed by atoms with van der Waals surface area (Å²) >= 11 is 0. The van der Waals surface area contributed by atoms with Gasteiger partial charge in [0, 0.05) is 13.6 Å². The molecule has 2 amide bonds. The van der Waals surface area contributed by atoms with Crippen LogP contribution in [-0.2, 0) is 0 Å². The Hall–Kier alpha value is -0.810. The fourth-order valence-electron chi connectivity index (χ4n) is 0.539. The third-order valence-electron chi connectivity index (χ3n) is 1.01. The molecule has 0 rings (SSSR count). The van der Waals surface area contributed by atoms with E-state index in [9.17, 15) is 4.79 Å². The predicted molar refractivity (Wildman–Crippen MR) is 38.5 cm³/mol. The van der Waals surface area contributed by atoms with Gasteiger partial charge in [0.1, 0.15) is 0 Å². The molecule has 0 aromatic rings. The van der Waals surface area contributed by atoms with E-state index >= 15 is 0 Å². The highest BCUT2D eigenvalue weighted by Crippen LogP contribution is 1.86. The van der Waals surface area contributed by atoms with Crippen LogP contribution in [0.2, 0.25) is 0 Å². The zero-order valence-electron chi connectivity index (χ0n) is 6.37. The van der Waals surface area contributed by atoms with Gasteiger partial charge >= 0.3 is 6.03 Å². The minimum absolute atomic E-state index is 0.373. The number of nitrogens with two attached hydrogens (primary N) is 2. The molecule has 0 aliphatic heterocycles. The zero-order chi connectivity index (χ0) is 8.15. The number of urea groups is 1. The van der Waals surface area contributed by atoms with E-state index in [0.29, 0.717) is 6.54 Å². The van der Waals surface area contributed by atoms with E-state index < -0.39 is 0 Å². The van der Waals surface area contributed by atoms with Crippen LogP contribution in [0.1, 0.15) is 13.3 Å². The van der Waals surface area contributed by atoms with Crippen molar-refractivity contribution in [3.63, 3.8) is 0 Å². The first-order valence-electron chi connectivity index (χ1n) is 3.14. The number of hydrogen-bond donors (Lipinski definition) is 2. The number of carbonyl (C=O) groups is 1. The van der Waals surface area contributed by atoms with Gasteiger partial charge in [-0.1, -0.05) is 6.92 Å². The Bertz CT molecular complexity index is 114. The minimum Gasteiger partial charge on any atom is -0.264 e. The fourth-order valence-corrected chi connectivity index (χ4v) is 0.539. The monoisotopic (exact) mass is 146 g/mol. The van der Waals surface area contributed by atoms with E-state index in [1.54, 1.807) is 0 Å². The molecule has 5 heteroatoms. The van der Waals surface area contributed by atoms with E-state index in [0.717, 1.165) is 16.4 Å². The molecule has 0 radical (unpaired) electrons. The summed E-state index contributed by atoms with van der Waals surface area (Å²) in [5.74, 6) is 10.4. The summed E-state index contributed by atoms with van der Waals surface area (Å²) in [6.07, 6.45) is 0.829. The van der Waals surface area contributed by atoms with Crippen LogP contribution < -0.4 is 11.7 Å². The van der Waals surface area contributed by atoms with Crippen molar-refractivity contribution < 1.29 is 4.79 Å². The first-order chi connectivity index (χ1) is 4.59. The van der Waals surface area contributed by atoms with Crippen LogP contribution in [0.5, 0.6) is 0 Å². The van der Waals surface area contributed by atoms with Crippen molar-refractivity contribution in [1.29, 1.82) is 0 Å². The average molecular weight is 146 g/mol. The van der Waals surface area contributed by atoms with Crippen molar-refractivity contribution in [1.82, 2.24) is 10.0 Å². The first kappa shape index (κ1) is 9.19. The van der Waals surface area contributed by atoms with Crippen LogP contribution in [0.4, 0.5) is 4.79 Å². The van der Waals surface area contributed by atoms with Crippen molar-refractivity contribution >= 4 is 6.03 Å². The van der Waals surface area contributed by atoms with Gasteiger partial charge in [0.25, 0.3) is 0 Å². The largest absolute Gasteiger partial charge is 0.347 e. The van der Waals surface area contributed by atoms with Crippen LogP contribution in [0.25, 0.3) is 0 Å². The molecule has 0 saturated carbocycles. The molecule has 0 spiro atoms. The summed E-state index contributed by atoms with van der Waals surface area (Å²) in [5.41, 5.74) is 0. The Morgan fingerprint density at radius 1 is 1.50 bits per heavy atom. The molecule has 0 aromatic heterocycles. The highest BCUT2D eigenvalue weighted by Gasteiger charge is 2.09.